The van der Waals surface area contributed by atoms with Gasteiger partial charge in [0.15, 0.2) is 0 Å². The number of hydrogen-bond donors (Lipinski definition) is 3. The second-order valence-corrected chi connectivity index (χ2v) is 12.3. The first kappa shape index (κ1) is 35.3. The molecule has 0 saturated carbocycles. The number of amides is 4. The molecule has 2 unspecified atom stereocenters. The Morgan fingerprint density at radius 1 is 0.907 bits per heavy atom. The Labute approximate surface area is 256 Å². The third-order valence-electron chi connectivity index (χ3n) is 7.20. The topological polar surface area (TPSA) is 131 Å². The summed E-state index contributed by atoms with van der Waals surface area (Å²) in [6.45, 7) is 15.1. The first-order valence-corrected chi connectivity index (χ1v) is 15.2. The maximum absolute atomic E-state index is 14.4. The molecule has 0 heterocycles. The van der Waals surface area contributed by atoms with E-state index in [1.165, 1.54) is 4.90 Å². The van der Waals surface area contributed by atoms with E-state index in [-0.39, 0.29) is 12.5 Å². The number of nitrogens with zero attached hydrogens (tertiary/aromatic N) is 1. The van der Waals surface area contributed by atoms with Crippen LogP contribution in [0.1, 0.15) is 100 Å². The highest BCUT2D eigenvalue weighted by Crippen LogP contribution is 2.30. The maximum Gasteiger partial charge on any atom is 0.408 e. The zero-order chi connectivity index (χ0) is 32.3. The number of alkyl carbamates (subject to hydrolysis) is 1. The van der Waals surface area contributed by atoms with Gasteiger partial charge in [-0.3, -0.25) is 14.4 Å². The minimum absolute atomic E-state index is 0.242. The van der Waals surface area contributed by atoms with Gasteiger partial charge >= 0.3 is 6.09 Å². The molecule has 0 aromatic heterocycles. The molecule has 0 bridgehead atoms. The SMILES string of the molecule is CCCCCCCN(C(=O)C(CC(N)=O)NC(=O)OC(C)(C)C)C(C(=O)Nc1c(C)cccc1C)c1cc(C)ccc1C. The number of unbranched alkanes of at least 4 members (excludes halogenated alkanes) is 4. The summed E-state index contributed by atoms with van der Waals surface area (Å²) in [6.07, 6.45) is 3.32. The second-order valence-electron chi connectivity index (χ2n) is 12.3. The van der Waals surface area contributed by atoms with Crippen LogP contribution in [0.5, 0.6) is 0 Å². The molecule has 43 heavy (non-hydrogen) atoms. The van der Waals surface area contributed by atoms with Gasteiger partial charge in [-0.2, -0.15) is 0 Å². The number of rotatable bonds is 14. The predicted molar refractivity (Wildman–Crippen MR) is 171 cm³/mol. The van der Waals surface area contributed by atoms with Crippen LogP contribution in [0.15, 0.2) is 36.4 Å². The number of carbonyl (C=O) groups is 4. The molecule has 4 amide bonds. The molecule has 9 heteroatoms. The van der Waals surface area contributed by atoms with E-state index < -0.39 is 42.0 Å². The van der Waals surface area contributed by atoms with E-state index in [0.717, 1.165) is 47.9 Å². The van der Waals surface area contributed by atoms with Crippen molar-refractivity contribution >= 4 is 29.5 Å². The molecule has 2 aromatic carbocycles. The number of primary amides is 1. The van der Waals surface area contributed by atoms with Crippen LogP contribution in [0.25, 0.3) is 0 Å². The number of para-hydroxylation sites is 1. The van der Waals surface area contributed by atoms with Crippen LogP contribution in [0.2, 0.25) is 0 Å². The lowest BCUT2D eigenvalue weighted by Crippen LogP contribution is -2.53. The van der Waals surface area contributed by atoms with Crippen molar-refractivity contribution in [3.63, 3.8) is 0 Å². The number of benzene rings is 2. The Morgan fingerprint density at radius 3 is 2.12 bits per heavy atom. The average Bonchev–Trinajstić information content (AvgIpc) is 2.89. The van der Waals surface area contributed by atoms with Gasteiger partial charge in [-0.15, -0.1) is 0 Å². The maximum atomic E-state index is 14.4. The van der Waals surface area contributed by atoms with Gasteiger partial charge in [0.25, 0.3) is 5.91 Å². The lowest BCUT2D eigenvalue weighted by Gasteiger charge is -2.35. The molecule has 2 atom stereocenters. The van der Waals surface area contributed by atoms with Crippen molar-refractivity contribution in [3.05, 3.63) is 64.2 Å². The molecule has 0 saturated heterocycles. The van der Waals surface area contributed by atoms with Gasteiger partial charge in [0.05, 0.1) is 6.42 Å². The molecular formula is C34H50N4O5. The number of anilines is 1. The first-order chi connectivity index (χ1) is 20.1. The summed E-state index contributed by atoms with van der Waals surface area (Å²) in [4.78, 5) is 55.0. The molecule has 9 nitrogen and oxygen atoms in total. The lowest BCUT2D eigenvalue weighted by atomic mass is 9.95. The number of aryl methyl sites for hydroxylation is 4. The smallest absolute Gasteiger partial charge is 0.408 e. The molecule has 4 N–H and O–H groups in total. The Bertz CT molecular complexity index is 1260. The summed E-state index contributed by atoms with van der Waals surface area (Å²) in [5, 5.41) is 5.64. The average molecular weight is 595 g/mol. The van der Waals surface area contributed by atoms with E-state index in [0.29, 0.717) is 17.7 Å². The molecule has 236 valence electrons. The van der Waals surface area contributed by atoms with Crippen molar-refractivity contribution in [1.29, 1.82) is 0 Å². The fraction of sp³-hybridized carbons (Fsp3) is 0.529. The quantitative estimate of drug-likeness (QED) is 0.225. The molecule has 0 spiro atoms. The standard InChI is InChI=1S/C34H50N4O5/c1-9-10-11-12-13-19-38(32(41)27(21-28(35)39)36-33(42)43-34(6,7)8)30(26-20-22(2)17-18-23(26)3)31(40)37-29-24(4)15-14-16-25(29)5/h14-18,20,27,30H,9-13,19,21H2,1-8H3,(H2,35,39)(H,36,42)(H,37,40). The summed E-state index contributed by atoms with van der Waals surface area (Å²) in [5.74, 6) is -1.73. The minimum Gasteiger partial charge on any atom is -0.444 e. The van der Waals surface area contributed by atoms with Crippen molar-refractivity contribution in [2.24, 2.45) is 5.73 Å². The van der Waals surface area contributed by atoms with Crippen LogP contribution in [0.4, 0.5) is 10.5 Å². The molecular weight excluding hydrogens is 544 g/mol. The van der Waals surface area contributed by atoms with Crippen LogP contribution in [0, 0.1) is 27.7 Å². The number of hydrogen-bond acceptors (Lipinski definition) is 5. The first-order valence-electron chi connectivity index (χ1n) is 15.2. The fourth-order valence-electron chi connectivity index (χ4n) is 5.01. The van der Waals surface area contributed by atoms with E-state index in [4.69, 9.17) is 10.5 Å². The normalized spacial score (nSPS) is 12.7. The summed E-state index contributed by atoms with van der Waals surface area (Å²) in [5.41, 5.74) is 9.61. The largest absolute Gasteiger partial charge is 0.444 e. The number of nitrogens with one attached hydrogen (secondary N) is 2. The third-order valence-corrected chi connectivity index (χ3v) is 7.20. The molecule has 0 radical (unpaired) electrons. The molecule has 0 aliphatic carbocycles. The van der Waals surface area contributed by atoms with Crippen molar-refractivity contribution in [1.82, 2.24) is 10.2 Å². The van der Waals surface area contributed by atoms with Gasteiger partial charge in [0.1, 0.15) is 17.7 Å². The Balaban J connectivity index is 2.64. The van der Waals surface area contributed by atoms with Crippen LogP contribution < -0.4 is 16.4 Å². The minimum atomic E-state index is -1.32. The molecule has 2 rings (SSSR count). The number of nitrogens with two attached hydrogens (primary N) is 1. The van der Waals surface area contributed by atoms with E-state index in [9.17, 15) is 19.2 Å². The van der Waals surface area contributed by atoms with Crippen molar-refractivity contribution in [2.75, 3.05) is 11.9 Å². The zero-order valence-electron chi connectivity index (χ0n) is 27.1. The highest BCUT2D eigenvalue weighted by Gasteiger charge is 2.37. The van der Waals surface area contributed by atoms with Crippen LogP contribution >= 0.6 is 0 Å². The summed E-state index contributed by atoms with van der Waals surface area (Å²) in [6, 6.07) is 9.19. The van der Waals surface area contributed by atoms with Crippen molar-refractivity contribution < 1.29 is 23.9 Å². The lowest BCUT2D eigenvalue weighted by molar-refractivity contribution is -0.142. The van der Waals surface area contributed by atoms with Crippen LogP contribution in [0.3, 0.4) is 0 Å². The molecule has 0 fully saturated rings. The fourth-order valence-corrected chi connectivity index (χ4v) is 5.01. The van der Waals surface area contributed by atoms with E-state index >= 15 is 0 Å². The Hall–Kier alpha value is -3.88. The highest BCUT2D eigenvalue weighted by molar-refractivity contribution is 6.00. The van der Waals surface area contributed by atoms with Crippen molar-refractivity contribution in [3.8, 4) is 0 Å². The van der Waals surface area contributed by atoms with E-state index in [1.54, 1.807) is 20.8 Å². The summed E-state index contributed by atoms with van der Waals surface area (Å²) in [7, 11) is 0. The molecule has 0 aliphatic rings. The monoisotopic (exact) mass is 594 g/mol. The van der Waals surface area contributed by atoms with E-state index in [2.05, 4.69) is 17.6 Å². The Morgan fingerprint density at radius 2 is 1.53 bits per heavy atom. The second kappa shape index (κ2) is 16.1. The predicted octanol–water partition coefficient (Wildman–Crippen LogP) is 6.17. The van der Waals surface area contributed by atoms with Gasteiger partial charge in [-0.1, -0.05) is 74.6 Å². The number of ether oxygens (including phenoxy) is 1. The number of carbonyl (C=O) groups excluding carboxylic acids is 4. The van der Waals surface area contributed by atoms with Crippen LogP contribution in [-0.2, 0) is 19.1 Å². The third kappa shape index (κ3) is 11.0. The van der Waals surface area contributed by atoms with Gasteiger partial charge in [0.2, 0.25) is 11.8 Å². The molecule has 2 aromatic rings. The van der Waals surface area contributed by atoms with Crippen molar-refractivity contribution in [2.45, 2.75) is 112 Å². The van der Waals surface area contributed by atoms with Gasteiger partial charge in [0, 0.05) is 12.2 Å². The van der Waals surface area contributed by atoms with E-state index in [1.807, 2.05) is 64.1 Å². The molecule has 0 aliphatic heterocycles. The highest BCUT2D eigenvalue weighted by atomic mass is 16.6. The Kier molecular flexibility index (Phi) is 13.2. The zero-order valence-corrected chi connectivity index (χ0v) is 27.1. The summed E-state index contributed by atoms with van der Waals surface area (Å²) >= 11 is 0. The van der Waals surface area contributed by atoms with Gasteiger partial charge < -0.3 is 26.0 Å². The van der Waals surface area contributed by atoms with Gasteiger partial charge in [-0.05, 0) is 77.1 Å². The summed E-state index contributed by atoms with van der Waals surface area (Å²) < 4.78 is 5.39. The van der Waals surface area contributed by atoms with Crippen LogP contribution in [-0.4, -0.2) is 46.9 Å². The van der Waals surface area contributed by atoms with Gasteiger partial charge in [-0.25, -0.2) is 4.79 Å².